The van der Waals surface area contributed by atoms with Crippen molar-refractivity contribution in [2.75, 3.05) is 18.0 Å². The summed E-state index contributed by atoms with van der Waals surface area (Å²) in [6, 6.07) is 6.99. The molecular formula is C18H15N3O2S. The van der Waals surface area contributed by atoms with E-state index in [-0.39, 0.29) is 5.78 Å². The lowest BCUT2D eigenvalue weighted by Gasteiger charge is -2.29. The highest BCUT2D eigenvalue weighted by molar-refractivity contribution is 7.12. The van der Waals surface area contributed by atoms with Crippen LogP contribution in [0.5, 0.6) is 0 Å². The second-order valence-electron chi connectivity index (χ2n) is 5.30. The Bertz CT molecular complexity index is 821. The van der Waals surface area contributed by atoms with Crippen LogP contribution in [0.15, 0.2) is 52.7 Å². The summed E-state index contributed by atoms with van der Waals surface area (Å²) in [6.45, 7) is 1.51. The number of aromatic nitrogens is 1. The van der Waals surface area contributed by atoms with Crippen LogP contribution in [-0.4, -0.2) is 23.9 Å². The van der Waals surface area contributed by atoms with Gasteiger partial charge in [-0.3, -0.25) is 4.79 Å². The number of nitrogens with zero attached hydrogens (tertiary/aromatic N) is 3. The van der Waals surface area contributed by atoms with Crippen molar-refractivity contribution in [2.24, 2.45) is 5.18 Å². The van der Waals surface area contributed by atoms with E-state index in [2.05, 4.69) is 26.9 Å². The predicted octanol–water partition coefficient (Wildman–Crippen LogP) is 3.95. The van der Waals surface area contributed by atoms with Gasteiger partial charge in [0.05, 0.1) is 4.88 Å². The zero-order chi connectivity index (χ0) is 16.8. The highest BCUT2D eigenvalue weighted by Crippen LogP contribution is 2.28. The predicted molar refractivity (Wildman–Crippen MR) is 95.6 cm³/mol. The van der Waals surface area contributed by atoms with Gasteiger partial charge >= 0.3 is 0 Å². The number of thiophene rings is 1. The first-order valence-electron chi connectivity index (χ1n) is 7.58. The van der Waals surface area contributed by atoms with Gasteiger partial charge in [0.2, 0.25) is 5.78 Å². The van der Waals surface area contributed by atoms with Crippen LogP contribution in [0.3, 0.4) is 0 Å². The van der Waals surface area contributed by atoms with Crippen molar-refractivity contribution in [3.8, 4) is 11.8 Å². The van der Waals surface area contributed by atoms with Crippen LogP contribution >= 0.6 is 11.3 Å². The molecule has 0 aliphatic carbocycles. The highest BCUT2D eigenvalue weighted by Gasteiger charge is 2.18. The van der Waals surface area contributed by atoms with Crippen molar-refractivity contribution in [1.82, 2.24) is 4.98 Å². The summed E-state index contributed by atoms with van der Waals surface area (Å²) in [5.74, 6) is 6.01. The van der Waals surface area contributed by atoms with E-state index < -0.39 is 0 Å². The Kier molecular flexibility index (Phi) is 5.14. The summed E-state index contributed by atoms with van der Waals surface area (Å²) in [5, 5.41) is 4.89. The van der Waals surface area contributed by atoms with Gasteiger partial charge < -0.3 is 4.90 Å². The number of pyridine rings is 1. The fraction of sp³-hybridized carbons (Fsp3) is 0.222. The minimum Gasteiger partial charge on any atom is -0.354 e. The van der Waals surface area contributed by atoms with Gasteiger partial charge in [-0.15, -0.1) is 16.2 Å². The SMILES string of the molecule is O=Nc1cccnc1N1CCC(=CC#CC(=O)c2cccs2)CC1. The molecule has 3 rings (SSSR count). The van der Waals surface area contributed by atoms with Gasteiger partial charge in [0.25, 0.3) is 0 Å². The number of rotatable bonds is 3. The third-order valence-electron chi connectivity index (χ3n) is 3.78. The molecule has 6 heteroatoms. The molecule has 0 N–H and O–H groups in total. The van der Waals surface area contributed by atoms with Crippen molar-refractivity contribution in [1.29, 1.82) is 0 Å². The molecule has 5 nitrogen and oxygen atoms in total. The van der Waals surface area contributed by atoms with Gasteiger partial charge in [0.1, 0.15) is 5.69 Å². The third kappa shape index (κ3) is 3.76. The van der Waals surface area contributed by atoms with E-state index in [1.807, 2.05) is 17.5 Å². The largest absolute Gasteiger partial charge is 0.354 e. The number of hydrogen-bond acceptors (Lipinski definition) is 6. The van der Waals surface area contributed by atoms with Gasteiger partial charge in [-0.2, -0.15) is 0 Å². The Hall–Kier alpha value is -2.78. The number of hydrogen-bond donors (Lipinski definition) is 0. The lowest BCUT2D eigenvalue weighted by atomic mass is 10.0. The maximum atomic E-state index is 11.8. The maximum Gasteiger partial charge on any atom is 0.246 e. The smallest absolute Gasteiger partial charge is 0.246 e. The van der Waals surface area contributed by atoms with E-state index >= 15 is 0 Å². The molecule has 24 heavy (non-hydrogen) atoms. The first kappa shape index (κ1) is 16.1. The Balaban J connectivity index is 1.61. The minimum absolute atomic E-state index is 0.144. The topological polar surface area (TPSA) is 62.6 Å². The molecule has 120 valence electrons. The quantitative estimate of drug-likeness (QED) is 0.368. The molecular weight excluding hydrogens is 322 g/mol. The second-order valence-corrected chi connectivity index (χ2v) is 6.25. The zero-order valence-corrected chi connectivity index (χ0v) is 13.8. The van der Waals surface area contributed by atoms with Gasteiger partial charge in [-0.05, 0) is 53.6 Å². The standard InChI is InChI=1S/C18H15N3O2S/c22-16(17-7-3-13-24-17)6-1-4-14-8-11-21(12-9-14)18-15(20-23)5-2-10-19-18/h2-5,7,10,13H,8-9,11-12H2. The molecule has 0 atom stereocenters. The van der Waals surface area contributed by atoms with E-state index in [0.717, 1.165) is 25.9 Å². The van der Waals surface area contributed by atoms with E-state index in [1.165, 1.54) is 16.9 Å². The molecule has 2 aromatic rings. The van der Waals surface area contributed by atoms with Crippen molar-refractivity contribution in [2.45, 2.75) is 12.8 Å². The minimum atomic E-state index is -0.144. The molecule has 0 saturated carbocycles. The number of allylic oxidation sites excluding steroid dienone is 1. The number of carbonyl (C=O) groups excluding carboxylic acids is 1. The molecule has 1 fully saturated rings. The number of nitroso groups, excluding NO2 is 1. The summed E-state index contributed by atoms with van der Waals surface area (Å²) < 4.78 is 0. The third-order valence-corrected chi connectivity index (χ3v) is 4.65. The van der Waals surface area contributed by atoms with Gasteiger partial charge in [0.15, 0.2) is 5.82 Å². The summed E-state index contributed by atoms with van der Waals surface area (Å²) in [4.78, 5) is 29.6. The van der Waals surface area contributed by atoms with E-state index in [4.69, 9.17) is 0 Å². The normalized spacial score (nSPS) is 13.8. The molecule has 2 aromatic heterocycles. The Morgan fingerprint density at radius 2 is 2.12 bits per heavy atom. The Labute approximate surface area is 144 Å². The fourth-order valence-corrected chi connectivity index (χ4v) is 3.15. The Morgan fingerprint density at radius 3 is 2.83 bits per heavy atom. The first-order valence-corrected chi connectivity index (χ1v) is 8.46. The molecule has 0 radical (unpaired) electrons. The summed E-state index contributed by atoms with van der Waals surface area (Å²) >= 11 is 1.40. The molecule has 1 saturated heterocycles. The van der Waals surface area contributed by atoms with Crippen molar-refractivity contribution < 1.29 is 4.79 Å². The summed E-state index contributed by atoms with van der Waals surface area (Å²) in [7, 11) is 0. The highest BCUT2D eigenvalue weighted by atomic mass is 32.1. The van der Waals surface area contributed by atoms with Gasteiger partial charge in [0, 0.05) is 19.3 Å². The molecule has 1 aliphatic heterocycles. The van der Waals surface area contributed by atoms with Crippen LogP contribution in [0, 0.1) is 16.7 Å². The lowest BCUT2D eigenvalue weighted by Crippen LogP contribution is -2.31. The van der Waals surface area contributed by atoms with Gasteiger partial charge in [-0.1, -0.05) is 17.6 Å². The second kappa shape index (κ2) is 7.66. The number of anilines is 1. The van der Waals surface area contributed by atoms with Crippen LogP contribution in [0.2, 0.25) is 0 Å². The average Bonchev–Trinajstić information content (AvgIpc) is 3.17. The Morgan fingerprint density at radius 1 is 1.29 bits per heavy atom. The number of carbonyl (C=O) groups is 1. The number of piperidine rings is 1. The van der Waals surface area contributed by atoms with Crippen LogP contribution in [0.25, 0.3) is 0 Å². The van der Waals surface area contributed by atoms with Crippen LogP contribution in [0.1, 0.15) is 22.5 Å². The molecule has 1 aliphatic rings. The average molecular weight is 337 g/mol. The molecule has 0 spiro atoms. The summed E-state index contributed by atoms with van der Waals surface area (Å²) in [6.07, 6.45) is 5.16. The van der Waals surface area contributed by atoms with E-state index in [1.54, 1.807) is 24.4 Å². The van der Waals surface area contributed by atoms with Crippen LogP contribution in [0.4, 0.5) is 11.5 Å². The maximum absolute atomic E-state index is 11.8. The zero-order valence-electron chi connectivity index (χ0n) is 12.9. The molecule has 0 unspecified atom stereocenters. The molecule has 0 amide bonds. The van der Waals surface area contributed by atoms with E-state index in [9.17, 15) is 9.70 Å². The van der Waals surface area contributed by atoms with Crippen LogP contribution in [-0.2, 0) is 0 Å². The van der Waals surface area contributed by atoms with Crippen molar-refractivity contribution >= 4 is 28.6 Å². The van der Waals surface area contributed by atoms with Crippen LogP contribution < -0.4 is 4.90 Å². The van der Waals surface area contributed by atoms with Crippen molar-refractivity contribution in [3.63, 3.8) is 0 Å². The molecule has 3 heterocycles. The number of ketones is 1. The van der Waals surface area contributed by atoms with Gasteiger partial charge in [-0.25, -0.2) is 4.98 Å². The van der Waals surface area contributed by atoms with Crippen molar-refractivity contribution in [3.05, 3.63) is 57.3 Å². The monoisotopic (exact) mass is 337 g/mol. The summed E-state index contributed by atoms with van der Waals surface area (Å²) in [5.41, 5.74) is 1.57. The lowest BCUT2D eigenvalue weighted by molar-refractivity contribution is 0.106. The fourth-order valence-electron chi connectivity index (χ4n) is 2.53. The molecule has 0 bridgehead atoms. The molecule has 0 aromatic carbocycles. The van der Waals surface area contributed by atoms with E-state index in [0.29, 0.717) is 16.4 Å². The number of Topliss-reactive ketones (excluding diaryl/α,β-unsaturated/α-hetero) is 1. The first-order chi connectivity index (χ1) is 11.8.